The van der Waals surface area contributed by atoms with Crippen molar-refractivity contribution in [3.63, 3.8) is 0 Å². The van der Waals surface area contributed by atoms with E-state index in [-0.39, 0.29) is 6.42 Å². The van der Waals surface area contributed by atoms with Gasteiger partial charge in [0.15, 0.2) is 0 Å². The van der Waals surface area contributed by atoms with E-state index in [1.807, 2.05) is 0 Å². The van der Waals surface area contributed by atoms with E-state index in [0.717, 1.165) is 0 Å². The predicted molar refractivity (Wildman–Crippen MR) is 37.5 cm³/mol. The van der Waals surface area contributed by atoms with Gasteiger partial charge in [-0.05, 0) is 13.8 Å². The summed E-state index contributed by atoms with van der Waals surface area (Å²) in [5.74, 6) is -1.02. The Balaban J connectivity index is 3.99. The topological polar surface area (TPSA) is 86.6 Å². The third kappa shape index (κ3) is 5.20. The summed E-state index contributed by atoms with van der Waals surface area (Å²) >= 11 is 0. The third-order valence-electron chi connectivity index (χ3n) is 1.04. The lowest BCUT2D eigenvalue weighted by atomic mass is 10.0. The lowest BCUT2D eigenvalue weighted by molar-refractivity contribution is -0.138. The van der Waals surface area contributed by atoms with Gasteiger partial charge in [-0.1, -0.05) is 0 Å². The highest BCUT2D eigenvalue weighted by Crippen LogP contribution is 2.07. The largest absolute Gasteiger partial charge is 0.481 e. The molecule has 0 rings (SSSR count). The zero-order valence-electron chi connectivity index (χ0n) is 6.42. The van der Waals surface area contributed by atoms with E-state index in [9.17, 15) is 9.59 Å². The Bertz CT molecular complexity index is 157. The first-order valence-corrected chi connectivity index (χ1v) is 3.06. The van der Waals surface area contributed by atoms with E-state index in [4.69, 9.17) is 10.2 Å². The second-order valence-corrected chi connectivity index (χ2v) is 2.88. The first-order chi connectivity index (χ1) is 4.83. The number of amides is 1. The van der Waals surface area contributed by atoms with Crippen LogP contribution in [0.25, 0.3) is 0 Å². The van der Waals surface area contributed by atoms with Crippen LogP contribution in [0.3, 0.4) is 0 Å². The molecule has 0 aromatic rings. The number of rotatable bonds is 3. The van der Waals surface area contributed by atoms with Crippen molar-refractivity contribution in [3.8, 4) is 0 Å². The van der Waals surface area contributed by atoms with Crippen LogP contribution in [0.4, 0.5) is 4.79 Å². The molecule has 0 bridgehead atoms. The lowest BCUT2D eigenvalue weighted by Crippen LogP contribution is -2.44. The van der Waals surface area contributed by atoms with Crippen LogP contribution in [0.15, 0.2) is 0 Å². The van der Waals surface area contributed by atoms with E-state index < -0.39 is 17.6 Å². The van der Waals surface area contributed by atoms with Crippen molar-refractivity contribution in [2.45, 2.75) is 25.8 Å². The number of hydrogen-bond donors (Lipinski definition) is 3. The average Bonchev–Trinajstić information content (AvgIpc) is 1.53. The van der Waals surface area contributed by atoms with Gasteiger partial charge in [-0.15, -0.1) is 0 Å². The number of carbonyl (C=O) groups is 2. The van der Waals surface area contributed by atoms with Crippen LogP contribution in [-0.4, -0.2) is 27.8 Å². The van der Waals surface area contributed by atoms with Gasteiger partial charge in [0.05, 0.1) is 6.42 Å². The van der Waals surface area contributed by atoms with Crippen molar-refractivity contribution in [2.75, 3.05) is 0 Å². The molecular formula is C6H11NO4. The van der Waals surface area contributed by atoms with Gasteiger partial charge in [-0.3, -0.25) is 4.79 Å². The van der Waals surface area contributed by atoms with Crippen molar-refractivity contribution in [3.05, 3.63) is 0 Å². The van der Waals surface area contributed by atoms with Crippen molar-refractivity contribution in [1.82, 2.24) is 5.32 Å². The van der Waals surface area contributed by atoms with Gasteiger partial charge < -0.3 is 15.5 Å². The smallest absolute Gasteiger partial charge is 0.405 e. The van der Waals surface area contributed by atoms with Crippen molar-refractivity contribution < 1.29 is 19.8 Å². The molecule has 5 nitrogen and oxygen atoms in total. The van der Waals surface area contributed by atoms with Gasteiger partial charge in [0.2, 0.25) is 0 Å². The number of nitrogens with one attached hydrogen (secondary N) is 1. The normalized spacial score (nSPS) is 10.7. The van der Waals surface area contributed by atoms with Gasteiger partial charge in [-0.25, -0.2) is 4.79 Å². The summed E-state index contributed by atoms with van der Waals surface area (Å²) in [6.45, 7) is 3.02. The highest BCUT2D eigenvalue weighted by Gasteiger charge is 2.23. The second kappa shape index (κ2) is 3.23. The van der Waals surface area contributed by atoms with Gasteiger partial charge in [-0.2, -0.15) is 0 Å². The number of carboxylic acid groups (broad SMARTS) is 2. The molecule has 64 valence electrons. The maximum atomic E-state index is 10.2. The Labute approximate surface area is 64.0 Å². The zero-order chi connectivity index (χ0) is 9.07. The standard InChI is InChI=1S/C6H11NO4/c1-6(2,3-4(8)9)7-5(10)11/h7H,3H2,1-2H3,(H,8,9)(H,10,11). The van der Waals surface area contributed by atoms with Gasteiger partial charge >= 0.3 is 12.1 Å². The molecule has 0 aliphatic heterocycles. The lowest BCUT2D eigenvalue weighted by Gasteiger charge is -2.21. The summed E-state index contributed by atoms with van der Waals surface area (Å²) in [5.41, 5.74) is -0.905. The molecular weight excluding hydrogens is 150 g/mol. The molecule has 0 radical (unpaired) electrons. The monoisotopic (exact) mass is 161 g/mol. The quantitative estimate of drug-likeness (QED) is 0.562. The highest BCUT2D eigenvalue weighted by molar-refractivity contribution is 5.71. The Hall–Kier alpha value is -1.26. The predicted octanol–water partition coefficient (Wildman–Crippen LogP) is 0.507. The number of aliphatic carboxylic acids is 1. The summed E-state index contributed by atoms with van der Waals surface area (Å²) in [7, 11) is 0. The molecule has 5 heteroatoms. The summed E-state index contributed by atoms with van der Waals surface area (Å²) < 4.78 is 0. The molecule has 0 heterocycles. The minimum absolute atomic E-state index is 0.223. The molecule has 0 saturated heterocycles. The van der Waals surface area contributed by atoms with Crippen molar-refractivity contribution in [1.29, 1.82) is 0 Å². The minimum atomic E-state index is -1.21. The molecule has 0 unspecified atom stereocenters. The molecule has 1 amide bonds. The van der Waals surface area contributed by atoms with Crippen LogP contribution < -0.4 is 5.32 Å². The van der Waals surface area contributed by atoms with Crippen LogP contribution in [0.5, 0.6) is 0 Å². The van der Waals surface area contributed by atoms with Crippen LogP contribution in [0, 0.1) is 0 Å². The molecule has 0 aromatic carbocycles. The van der Waals surface area contributed by atoms with Crippen molar-refractivity contribution in [2.24, 2.45) is 0 Å². The second-order valence-electron chi connectivity index (χ2n) is 2.88. The summed E-state index contributed by atoms with van der Waals surface area (Å²) in [4.78, 5) is 20.3. The number of hydrogen-bond acceptors (Lipinski definition) is 2. The fourth-order valence-electron chi connectivity index (χ4n) is 0.712. The van der Waals surface area contributed by atoms with Gasteiger partial charge in [0.1, 0.15) is 0 Å². The summed E-state index contributed by atoms with van der Waals surface area (Å²) in [6, 6.07) is 0. The Morgan fingerprint density at radius 1 is 1.36 bits per heavy atom. The molecule has 0 aliphatic carbocycles. The molecule has 0 spiro atoms. The average molecular weight is 161 g/mol. The molecule has 0 aliphatic rings. The molecule has 0 saturated carbocycles. The van der Waals surface area contributed by atoms with Crippen LogP contribution in [0.2, 0.25) is 0 Å². The van der Waals surface area contributed by atoms with E-state index in [2.05, 4.69) is 5.32 Å². The number of carboxylic acids is 1. The summed E-state index contributed by atoms with van der Waals surface area (Å²) in [5, 5.41) is 18.7. The molecule has 0 aromatic heterocycles. The van der Waals surface area contributed by atoms with Crippen molar-refractivity contribution >= 4 is 12.1 Å². The zero-order valence-corrected chi connectivity index (χ0v) is 6.42. The Morgan fingerprint density at radius 3 is 2.09 bits per heavy atom. The van der Waals surface area contributed by atoms with Gasteiger partial charge in [0.25, 0.3) is 0 Å². The minimum Gasteiger partial charge on any atom is -0.481 e. The Morgan fingerprint density at radius 2 is 1.82 bits per heavy atom. The Kier molecular flexibility index (Phi) is 2.86. The van der Waals surface area contributed by atoms with Gasteiger partial charge in [0, 0.05) is 5.54 Å². The first kappa shape index (κ1) is 9.74. The van der Waals surface area contributed by atoms with E-state index in [1.165, 1.54) is 13.8 Å². The van der Waals surface area contributed by atoms with Crippen LogP contribution >= 0.6 is 0 Å². The summed E-state index contributed by atoms with van der Waals surface area (Å²) in [6.07, 6.45) is -1.43. The molecule has 11 heavy (non-hydrogen) atoms. The maximum absolute atomic E-state index is 10.2. The molecule has 0 fully saturated rings. The third-order valence-corrected chi connectivity index (χ3v) is 1.04. The molecule has 3 N–H and O–H groups in total. The van der Waals surface area contributed by atoms with Crippen LogP contribution in [0.1, 0.15) is 20.3 Å². The highest BCUT2D eigenvalue weighted by atomic mass is 16.4. The maximum Gasteiger partial charge on any atom is 0.405 e. The first-order valence-electron chi connectivity index (χ1n) is 3.06. The molecule has 0 atom stereocenters. The van der Waals surface area contributed by atoms with E-state index in [0.29, 0.717) is 0 Å². The fourth-order valence-corrected chi connectivity index (χ4v) is 0.712. The van der Waals surface area contributed by atoms with E-state index in [1.54, 1.807) is 0 Å². The SMILES string of the molecule is CC(C)(CC(=O)O)NC(=O)O. The fraction of sp³-hybridized carbons (Fsp3) is 0.667. The van der Waals surface area contributed by atoms with E-state index >= 15 is 0 Å². The van der Waals surface area contributed by atoms with Crippen LogP contribution in [-0.2, 0) is 4.79 Å².